The van der Waals surface area contributed by atoms with Gasteiger partial charge in [-0.15, -0.1) is 10.2 Å². The van der Waals surface area contributed by atoms with Crippen molar-refractivity contribution in [1.29, 1.82) is 0 Å². The molecule has 5 rings (SSSR count). The number of amides is 1. The van der Waals surface area contributed by atoms with Gasteiger partial charge in [-0.25, -0.2) is 4.98 Å². The summed E-state index contributed by atoms with van der Waals surface area (Å²) in [5, 5.41) is 25.7. The van der Waals surface area contributed by atoms with Crippen LogP contribution in [0.2, 0.25) is 0 Å². The molecule has 2 heterocycles. The molecule has 0 unspecified atom stereocenters. The van der Waals surface area contributed by atoms with Gasteiger partial charge in [0, 0.05) is 35.5 Å². The van der Waals surface area contributed by atoms with E-state index < -0.39 is 0 Å². The number of aryl methyl sites for hydroxylation is 1. The van der Waals surface area contributed by atoms with Crippen LogP contribution in [0.5, 0.6) is 11.5 Å². The molecular formula is C22H27N5O3. The van der Waals surface area contributed by atoms with Gasteiger partial charge in [-0.3, -0.25) is 4.79 Å². The number of aromatic nitrogens is 3. The van der Waals surface area contributed by atoms with Gasteiger partial charge in [-0.2, -0.15) is 0 Å². The third-order valence-electron chi connectivity index (χ3n) is 6.27. The van der Waals surface area contributed by atoms with Crippen molar-refractivity contribution in [2.75, 3.05) is 11.9 Å². The first kappa shape index (κ1) is 19.1. The first-order chi connectivity index (χ1) is 14.6. The highest BCUT2D eigenvalue weighted by molar-refractivity contribution is 5.79. The van der Waals surface area contributed by atoms with Gasteiger partial charge in [0.05, 0.1) is 12.3 Å². The Labute approximate surface area is 175 Å². The number of fused-ring (bicyclic) bond motifs is 1. The molecule has 3 aliphatic rings. The highest BCUT2D eigenvalue weighted by atomic mass is 16.5. The van der Waals surface area contributed by atoms with Crippen LogP contribution in [0.4, 0.5) is 5.95 Å². The predicted octanol–water partition coefficient (Wildman–Crippen LogP) is 2.74. The molecule has 0 radical (unpaired) electrons. The Bertz CT molecular complexity index is 975. The van der Waals surface area contributed by atoms with E-state index in [1.165, 1.54) is 0 Å². The Morgan fingerprint density at radius 3 is 2.83 bits per heavy atom. The van der Waals surface area contributed by atoms with Gasteiger partial charge in [0.25, 0.3) is 0 Å². The maximum atomic E-state index is 12.4. The van der Waals surface area contributed by atoms with Gasteiger partial charge in [0.2, 0.25) is 11.9 Å². The van der Waals surface area contributed by atoms with Gasteiger partial charge in [-0.1, -0.05) is 6.42 Å². The molecule has 2 aliphatic carbocycles. The number of ether oxygens (including phenoxy) is 1. The van der Waals surface area contributed by atoms with E-state index in [0.717, 1.165) is 49.8 Å². The summed E-state index contributed by atoms with van der Waals surface area (Å²) in [6.07, 6.45) is 6.63. The third kappa shape index (κ3) is 3.78. The van der Waals surface area contributed by atoms with Gasteiger partial charge < -0.3 is 20.5 Å². The van der Waals surface area contributed by atoms with Gasteiger partial charge in [-0.05, 0) is 51.2 Å². The van der Waals surface area contributed by atoms with E-state index in [0.29, 0.717) is 42.0 Å². The van der Waals surface area contributed by atoms with E-state index >= 15 is 0 Å². The highest BCUT2D eigenvalue weighted by Crippen LogP contribution is 2.40. The Morgan fingerprint density at radius 1 is 1.17 bits per heavy atom. The summed E-state index contributed by atoms with van der Waals surface area (Å²) in [5.41, 5.74) is 2.70. The number of nitrogens with one attached hydrogen (secondary N) is 2. The van der Waals surface area contributed by atoms with Crippen molar-refractivity contribution in [2.24, 2.45) is 5.92 Å². The molecule has 2 fully saturated rings. The lowest BCUT2D eigenvalue weighted by molar-refractivity contribution is -0.126. The van der Waals surface area contributed by atoms with E-state index in [9.17, 15) is 9.90 Å². The number of carbonyl (C=O) groups is 1. The number of rotatable bonds is 5. The topological polar surface area (TPSA) is 109 Å². The SMILES string of the molecule is Cc1nc(N[C@@H]2CCC[C@H](C(=O)NC3CC3)C2)nnc1-c1ccc2c(c1O)CCO2. The standard InChI is InChI=1S/C22H27N5O3/c1-12-19(17-7-8-18-16(20(17)28)9-10-30-18)26-27-22(23-12)25-15-4-2-3-13(11-15)21(29)24-14-5-6-14/h7-8,13-15,28H,2-6,9-11H2,1H3,(H,24,29)(H,23,25,27)/t13-,15+/m0/s1. The first-order valence-electron chi connectivity index (χ1n) is 10.8. The fourth-order valence-corrected chi connectivity index (χ4v) is 4.45. The van der Waals surface area contributed by atoms with E-state index in [-0.39, 0.29) is 23.6 Å². The summed E-state index contributed by atoms with van der Waals surface area (Å²) in [6, 6.07) is 4.22. The van der Waals surface area contributed by atoms with Crippen molar-refractivity contribution in [3.05, 3.63) is 23.4 Å². The molecule has 30 heavy (non-hydrogen) atoms. The molecular weight excluding hydrogens is 382 g/mol. The second kappa shape index (κ2) is 7.74. The zero-order chi connectivity index (χ0) is 20.7. The number of hydrogen-bond acceptors (Lipinski definition) is 7. The van der Waals surface area contributed by atoms with Crippen LogP contribution in [-0.2, 0) is 11.2 Å². The van der Waals surface area contributed by atoms with Crippen molar-refractivity contribution in [1.82, 2.24) is 20.5 Å². The Balaban J connectivity index is 1.29. The van der Waals surface area contributed by atoms with Crippen molar-refractivity contribution >= 4 is 11.9 Å². The van der Waals surface area contributed by atoms with Crippen LogP contribution in [-0.4, -0.2) is 44.9 Å². The van der Waals surface area contributed by atoms with Gasteiger partial charge in [0.15, 0.2) is 0 Å². The lowest BCUT2D eigenvalue weighted by Crippen LogP contribution is -2.38. The summed E-state index contributed by atoms with van der Waals surface area (Å²) in [5.74, 6) is 1.63. The van der Waals surface area contributed by atoms with E-state index in [2.05, 4.69) is 25.8 Å². The number of nitrogens with zero attached hydrogens (tertiary/aromatic N) is 3. The van der Waals surface area contributed by atoms with E-state index in [1.807, 2.05) is 13.0 Å². The maximum Gasteiger partial charge on any atom is 0.243 e. The first-order valence-corrected chi connectivity index (χ1v) is 10.8. The van der Waals surface area contributed by atoms with Crippen LogP contribution in [0.15, 0.2) is 12.1 Å². The molecule has 1 aromatic heterocycles. The van der Waals surface area contributed by atoms with Crippen molar-refractivity contribution in [2.45, 2.75) is 64.0 Å². The molecule has 1 amide bonds. The molecule has 3 N–H and O–H groups in total. The fraction of sp³-hybridized carbons (Fsp3) is 0.545. The highest BCUT2D eigenvalue weighted by Gasteiger charge is 2.31. The summed E-state index contributed by atoms with van der Waals surface area (Å²) in [7, 11) is 0. The average molecular weight is 409 g/mol. The minimum atomic E-state index is 0.0516. The third-order valence-corrected chi connectivity index (χ3v) is 6.27. The Kier molecular flexibility index (Phi) is 4.92. The average Bonchev–Trinajstić information content (AvgIpc) is 3.41. The zero-order valence-corrected chi connectivity index (χ0v) is 17.1. The monoisotopic (exact) mass is 409 g/mol. The molecule has 1 aliphatic heterocycles. The van der Waals surface area contributed by atoms with Crippen LogP contribution in [0.25, 0.3) is 11.3 Å². The number of aromatic hydroxyl groups is 1. The number of hydrogen-bond donors (Lipinski definition) is 3. The fourth-order valence-electron chi connectivity index (χ4n) is 4.45. The number of carbonyl (C=O) groups excluding carboxylic acids is 1. The van der Waals surface area contributed by atoms with Crippen molar-refractivity contribution < 1.29 is 14.6 Å². The molecule has 0 saturated heterocycles. The van der Waals surface area contributed by atoms with Crippen LogP contribution < -0.4 is 15.4 Å². The molecule has 2 atom stereocenters. The van der Waals surface area contributed by atoms with E-state index in [4.69, 9.17) is 4.74 Å². The van der Waals surface area contributed by atoms with Gasteiger partial charge in [0.1, 0.15) is 17.2 Å². The lowest BCUT2D eigenvalue weighted by atomic mass is 9.85. The van der Waals surface area contributed by atoms with Crippen LogP contribution in [0.3, 0.4) is 0 Å². The minimum Gasteiger partial charge on any atom is -0.507 e. The predicted molar refractivity (Wildman–Crippen MR) is 111 cm³/mol. The Morgan fingerprint density at radius 2 is 2.03 bits per heavy atom. The Hall–Kier alpha value is -2.90. The summed E-state index contributed by atoms with van der Waals surface area (Å²) < 4.78 is 5.50. The largest absolute Gasteiger partial charge is 0.507 e. The molecule has 0 spiro atoms. The number of phenols is 1. The molecule has 0 bridgehead atoms. The lowest BCUT2D eigenvalue weighted by Gasteiger charge is -2.29. The smallest absolute Gasteiger partial charge is 0.243 e. The molecule has 158 valence electrons. The quantitative estimate of drug-likeness (QED) is 0.697. The van der Waals surface area contributed by atoms with Crippen molar-refractivity contribution in [3.63, 3.8) is 0 Å². The summed E-state index contributed by atoms with van der Waals surface area (Å²) in [6.45, 7) is 2.45. The van der Waals surface area contributed by atoms with Crippen LogP contribution in [0.1, 0.15) is 49.8 Å². The van der Waals surface area contributed by atoms with E-state index in [1.54, 1.807) is 6.07 Å². The molecule has 8 nitrogen and oxygen atoms in total. The number of benzene rings is 1. The maximum absolute atomic E-state index is 12.4. The second-order valence-electron chi connectivity index (χ2n) is 8.59. The normalized spacial score (nSPS) is 22.8. The minimum absolute atomic E-state index is 0.0516. The van der Waals surface area contributed by atoms with Crippen LogP contribution >= 0.6 is 0 Å². The summed E-state index contributed by atoms with van der Waals surface area (Å²) >= 11 is 0. The molecule has 1 aromatic carbocycles. The van der Waals surface area contributed by atoms with Crippen molar-refractivity contribution in [3.8, 4) is 22.8 Å². The second-order valence-corrected chi connectivity index (χ2v) is 8.59. The molecule has 8 heteroatoms. The number of anilines is 1. The summed E-state index contributed by atoms with van der Waals surface area (Å²) in [4.78, 5) is 17.0. The molecule has 2 aromatic rings. The van der Waals surface area contributed by atoms with Crippen LogP contribution in [0, 0.1) is 12.8 Å². The zero-order valence-electron chi connectivity index (χ0n) is 17.1. The molecule has 2 saturated carbocycles. The number of phenolic OH excluding ortho intramolecular Hbond substituents is 1. The van der Waals surface area contributed by atoms with Gasteiger partial charge >= 0.3 is 0 Å².